The third-order valence-corrected chi connectivity index (χ3v) is 2.26. The standard InChI is InChI=1S/C13H18F3NO2/c1-3-8-17-9-10(2)18-11-6-4-5-7-12(11)19-13(14,15)16/h4-7,10,17H,3,8-9H2,1-2H3. The summed E-state index contributed by atoms with van der Waals surface area (Å²) >= 11 is 0. The summed E-state index contributed by atoms with van der Waals surface area (Å²) < 4.78 is 46.0. The maximum Gasteiger partial charge on any atom is 0.573 e. The first-order valence-corrected chi connectivity index (χ1v) is 6.14. The van der Waals surface area contributed by atoms with Crippen LogP contribution in [-0.4, -0.2) is 25.6 Å². The van der Waals surface area contributed by atoms with Gasteiger partial charge in [0.1, 0.15) is 6.10 Å². The summed E-state index contributed by atoms with van der Waals surface area (Å²) in [5.74, 6) is -0.233. The number of benzene rings is 1. The Morgan fingerprint density at radius 3 is 2.42 bits per heavy atom. The van der Waals surface area contributed by atoms with Crippen LogP contribution in [0, 0.1) is 0 Å². The number of nitrogens with one attached hydrogen (secondary N) is 1. The fraction of sp³-hybridized carbons (Fsp3) is 0.538. The molecule has 0 aromatic heterocycles. The van der Waals surface area contributed by atoms with Crippen molar-refractivity contribution in [1.82, 2.24) is 5.32 Å². The molecule has 0 aliphatic heterocycles. The Morgan fingerprint density at radius 2 is 1.84 bits per heavy atom. The van der Waals surface area contributed by atoms with E-state index in [0.29, 0.717) is 6.54 Å². The fourth-order valence-corrected chi connectivity index (χ4v) is 1.50. The van der Waals surface area contributed by atoms with Gasteiger partial charge in [0, 0.05) is 6.54 Å². The van der Waals surface area contributed by atoms with Gasteiger partial charge in [-0.2, -0.15) is 0 Å². The van der Waals surface area contributed by atoms with E-state index >= 15 is 0 Å². The highest BCUT2D eigenvalue weighted by molar-refractivity contribution is 5.39. The average Bonchev–Trinajstić information content (AvgIpc) is 2.30. The van der Waals surface area contributed by atoms with Crippen LogP contribution >= 0.6 is 0 Å². The Bertz CT molecular complexity index is 382. The first-order valence-electron chi connectivity index (χ1n) is 6.14. The molecular weight excluding hydrogens is 259 g/mol. The average molecular weight is 277 g/mol. The monoisotopic (exact) mass is 277 g/mol. The molecule has 1 N–H and O–H groups in total. The molecular formula is C13H18F3NO2. The number of rotatable bonds is 7. The van der Waals surface area contributed by atoms with Crippen LogP contribution in [0.1, 0.15) is 20.3 Å². The van der Waals surface area contributed by atoms with Crippen LogP contribution in [0.5, 0.6) is 11.5 Å². The van der Waals surface area contributed by atoms with Crippen molar-refractivity contribution < 1.29 is 22.6 Å². The van der Waals surface area contributed by atoms with Crippen molar-refractivity contribution in [1.29, 1.82) is 0 Å². The van der Waals surface area contributed by atoms with Crippen LogP contribution in [-0.2, 0) is 0 Å². The molecule has 0 spiro atoms. The normalized spacial score (nSPS) is 13.1. The van der Waals surface area contributed by atoms with Gasteiger partial charge in [0.2, 0.25) is 0 Å². The van der Waals surface area contributed by atoms with Crippen molar-refractivity contribution in [3.8, 4) is 11.5 Å². The molecule has 0 amide bonds. The lowest BCUT2D eigenvalue weighted by Gasteiger charge is -2.18. The number of alkyl halides is 3. The Morgan fingerprint density at radius 1 is 1.21 bits per heavy atom. The Hall–Kier alpha value is -1.43. The van der Waals surface area contributed by atoms with E-state index in [9.17, 15) is 13.2 Å². The lowest BCUT2D eigenvalue weighted by atomic mass is 10.3. The number of halogens is 3. The van der Waals surface area contributed by atoms with Crippen molar-refractivity contribution in [2.75, 3.05) is 13.1 Å². The summed E-state index contributed by atoms with van der Waals surface area (Å²) in [6.07, 6.45) is -3.98. The van der Waals surface area contributed by atoms with Crippen molar-refractivity contribution >= 4 is 0 Å². The highest BCUT2D eigenvalue weighted by Gasteiger charge is 2.32. The van der Waals surface area contributed by atoms with Gasteiger partial charge < -0.3 is 14.8 Å². The molecule has 0 aliphatic carbocycles. The minimum absolute atomic E-state index is 0.0885. The molecule has 108 valence electrons. The van der Waals surface area contributed by atoms with Crippen LogP contribution in [0.15, 0.2) is 24.3 Å². The van der Waals surface area contributed by atoms with Crippen LogP contribution in [0.4, 0.5) is 13.2 Å². The van der Waals surface area contributed by atoms with Gasteiger partial charge in [0.05, 0.1) is 0 Å². The van der Waals surface area contributed by atoms with Gasteiger partial charge in [0.15, 0.2) is 11.5 Å². The number of hydrogen-bond donors (Lipinski definition) is 1. The van der Waals surface area contributed by atoms with E-state index in [-0.39, 0.29) is 17.6 Å². The zero-order valence-corrected chi connectivity index (χ0v) is 11.0. The second-order valence-electron chi connectivity index (χ2n) is 4.13. The van der Waals surface area contributed by atoms with E-state index in [0.717, 1.165) is 13.0 Å². The van der Waals surface area contributed by atoms with Crippen LogP contribution < -0.4 is 14.8 Å². The molecule has 1 rings (SSSR count). The predicted octanol–water partition coefficient (Wildman–Crippen LogP) is 3.35. The van der Waals surface area contributed by atoms with Gasteiger partial charge in [-0.25, -0.2) is 0 Å². The van der Waals surface area contributed by atoms with Crippen molar-refractivity contribution in [3.05, 3.63) is 24.3 Å². The number of para-hydroxylation sites is 2. The van der Waals surface area contributed by atoms with Crippen LogP contribution in [0.3, 0.4) is 0 Å². The topological polar surface area (TPSA) is 30.5 Å². The maximum absolute atomic E-state index is 12.2. The Labute approximate surface area is 110 Å². The van der Waals surface area contributed by atoms with Gasteiger partial charge >= 0.3 is 6.36 Å². The smallest absolute Gasteiger partial charge is 0.485 e. The lowest BCUT2D eigenvalue weighted by molar-refractivity contribution is -0.275. The van der Waals surface area contributed by atoms with Gasteiger partial charge in [-0.1, -0.05) is 19.1 Å². The number of hydrogen-bond acceptors (Lipinski definition) is 3. The first-order chi connectivity index (χ1) is 8.92. The SMILES string of the molecule is CCCNCC(C)Oc1ccccc1OC(F)(F)F. The molecule has 0 saturated carbocycles. The van der Waals surface area contributed by atoms with Gasteiger partial charge in [-0.15, -0.1) is 13.2 Å². The molecule has 19 heavy (non-hydrogen) atoms. The van der Waals surface area contributed by atoms with Crippen molar-refractivity contribution in [2.45, 2.75) is 32.7 Å². The highest BCUT2D eigenvalue weighted by atomic mass is 19.4. The molecule has 0 fully saturated rings. The Balaban J connectivity index is 2.62. The molecule has 1 unspecified atom stereocenters. The molecule has 0 heterocycles. The predicted molar refractivity (Wildman–Crippen MR) is 66.4 cm³/mol. The molecule has 1 atom stereocenters. The van der Waals surface area contributed by atoms with Crippen LogP contribution in [0.2, 0.25) is 0 Å². The summed E-state index contributed by atoms with van der Waals surface area (Å²) in [4.78, 5) is 0. The molecule has 0 saturated heterocycles. The molecule has 1 aromatic carbocycles. The highest BCUT2D eigenvalue weighted by Crippen LogP contribution is 2.32. The minimum Gasteiger partial charge on any atom is -0.485 e. The summed E-state index contributed by atoms with van der Waals surface area (Å²) in [6.45, 7) is 5.22. The largest absolute Gasteiger partial charge is 0.573 e. The Kier molecular flexibility index (Phi) is 5.95. The van der Waals surface area contributed by atoms with E-state index in [1.54, 1.807) is 13.0 Å². The van der Waals surface area contributed by atoms with Crippen molar-refractivity contribution in [3.63, 3.8) is 0 Å². The second kappa shape index (κ2) is 7.23. The van der Waals surface area contributed by atoms with E-state index in [1.165, 1.54) is 18.2 Å². The fourth-order valence-electron chi connectivity index (χ4n) is 1.50. The van der Waals surface area contributed by atoms with Gasteiger partial charge in [-0.3, -0.25) is 0 Å². The molecule has 0 bridgehead atoms. The van der Waals surface area contributed by atoms with E-state index in [2.05, 4.69) is 10.1 Å². The molecule has 6 heteroatoms. The number of ether oxygens (including phenoxy) is 2. The third kappa shape index (κ3) is 6.33. The molecule has 1 aromatic rings. The zero-order valence-electron chi connectivity index (χ0n) is 11.0. The molecule has 0 aliphatic rings. The molecule has 0 radical (unpaired) electrons. The quantitative estimate of drug-likeness (QED) is 0.775. The lowest BCUT2D eigenvalue weighted by Crippen LogP contribution is -2.29. The summed E-state index contributed by atoms with van der Waals surface area (Å²) in [7, 11) is 0. The third-order valence-electron chi connectivity index (χ3n) is 2.26. The van der Waals surface area contributed by atoms with Gasteiger partial charge in [0.25, 0.3) is 0 Å². The van der Waals surface area contributed by atoms with E-state index in [4.69, 9.17) is 4.74 Å². The summed E-state index contributed by atoms with van der Waals surface area (Å²) in [5.41, 5.74) is 0. The molecule has 3 nitrogen and oxygen atoms in total. The summed E-state index contributed by atoms with van der Waals surface area (Å²) in [5, 5.41) is 3.13. The van der Waals surface area contributed by atoms with E-state index < -0.39 is 6.36 Å². The van der Waals surface area contributed by atoms with Crippen molar-refractivity contribution in [2.24, 2.45) is 0 Å². The second-order valence-corrected chi connectivity index (χ2v) is 4.13. The first kappa shape index (κ1) is 15.6. The van der Waals surface area contributed by atoms with Crippen LogP contribution in [0.25, 0.3) is 0 Å². The summed E-state index contributed by atoms with van der Waals surface area (Å²) in [6, 6.07) is 5.76. The maximum atomic E-state index is 12.2. The van der Waals surface area contributed by atoms with E-state index in [1.807, 2.05) is 6.92 Å². The van der Waals surface area contributed by atoms with Gasteiger partial charge in [-0.05, 0) is 32.0 Å². The zero-order chi connectivity index (χ0) is 14.3. The minimum atomic E-state index is -4.72.